The molecule has 2 aromatic heterocycles. The van der Waals surface area contributed by atoms with Gasteiger partial charge in [0.25, 0.3) is 0 Å². The molecule has 32 heavy (non-hydrogen) atoms. The van der Waals surface area contributed by atoms with E-state index in [0.29, 0.717) is 23.3 Å². The van der Waals surface area contributed by atoms with Crippen molar-refractivity contribution in [2.75, 3.05) is 12.0 Å². The van der Waals surface area contributed by atoms with Gasteiger partial charge in [-0.2, -0.15) is 11.8 Å². The monoisotopic (exact) mass is 457 g/mol. The molecule has 8 heteroatoms. The molecule has 1 atom stereocenters. The molecule has 1 aliphatic carbocycles. The average molecular weight is 458 g/mol. The Morgan fingerprint density at radius 1 is 1.16 bits per heavy atom. The summed E-state index contributed by atoms with van der Waals surface area (Å²) >= 11 is 1.52. The Kier molecular flexibility index (Phi) is 6.60. The second-order valence-electron chi connectivity index (χ2n) is 8.29. The molecule has 1 aromatic carbocycles. The summed E-state index contributed by atoms with van der Waals surface area (Å²) in [6.07, 6.45) is 6.61. The molecule has 0 saturated heterocycles. The number of nitrogens with one attached hydrogen (secondary N) is 1. The Labute approximate surface area is 189 Å². The first-order valence-electron chi connectivity index (χ1n) is 10.9. The summed E-state index contributed by atoms with van der Waals surface area (Å²) in [4.78, 5) is 36.4. The van der Waals surface area contributed by atoms with Crippen molar-refractivity contribution in [3.63, 3.8) is 0 Å². The van der Waals surface area contributed by atoms with Crippen LogP contribution in [-0.4, -0.2) is 35.0 Å². The van der Waals surface area contributed by atoms with E-state index in [9.17, 15) is 19.5 Å². The van der Waals surface area contributed by atoms with Crippen LogP contribution in [0.5, 0.6) is 0 Å². The average Bonchev–Trinajstić information content (AvgIpc) is 3.12. The predicted molar refractivity (Wildman–Crippen MR) is 125 cm³/mol. The summed E-state index contributed by atoms with van der Waals surface area (Å²) < 4.78 is 11.6. The molecule has 0 fully saturated rings. The quantitative estimate of drug-likeness (QED) is 0.492. The van der Waals surface area contributed by atoms with Crippen molar-refractivity contribution in [2.45, 2.75) is 57.9 Å². The lowest BCUT2D eigenvalue weighted by molar-refractivity contribution is -0.141. The van der Waals surface area contributed by atoms with Gasteiger partial charge in [-0.3, -0.25) is 4.79 Å². The second-order valence-corrected chi connectivity index (χ2v) is 9.27. The fourth-order valence-corrected chi connectivity index (χ4v) is 4.90. The minimum absolute atomic E-state index is 0.0174. The van der Waals surface area contributed by atoms with E-state index >= 15 is 0 Å². The number of amides is 1. The van der Waals surface area contributed by atoms with Gasteiger partial charge in [0.05, 0.1) is 0 Å². The van der Waals surface area contributed by atoms with Crippen molar-refractivity contribution in [1.29, 1.82) is 0 Å². The fourth-order valence-electron chi connectivity index (χ4n) is 4.43. The van der Waals surface area contributed by atoms with Crippen LogP contribution in [0.3, 0.4) is 0 Å². The van der Waals surface area contributed by atoms with E-state index in [4.69, 9.17) is 8.83 Å². The van der Waals surface area contributed by atoms with E-state index in [-0.39, 0.29) is 12.8 Å². The molecule has 1 aliphatic rings. The Morgan fingerprint density at radius 3 is 2.66 bits per heavy atom. The molecular weight excluding hydrogens is 430 g/mol. The van der Waals surface area contributed by atoms with Gasteiger partial charge in [0.1, 0.15) is 23.0 Å². The maximum absolute atomic E-state index is 12.6. The molecule has 0 radical (unpaired) electrons. The second kappa shape index (κ2) is 9.40. The van der Waals surface area contributed by atoms with Crippen LogP contribution in [0.25, 0.3) is 21.9 Å². The Balaban J connectivity index is 1.58. The number of fused-ring (bicyclic) bond motifs is 4. The van der Waals surface area contributed by atoms with Crippen molar-refractivity contribution in [1.82, 2.24) is 5.32 Å². The van der Waals surface area contributed by atoms with Gasteiger partial charge in [-0.05, 0) is 62.7 Å². The highest BCUT2D eigenvalue weighted by Gasteiger charge is 2.22. The van der Waals surface area contributed by atoms with Crippen LogP contribution < -0.4 is 10.9 Å². The maximum Gasteiger partial charge on any atom is 0.339 e. The molecule has 0 saturated carbocycles. The van der Waals surface area contributed by atoms with E-state index in [1.54, 1.807) is 6.07 Å². The SMILES string of the molecule is CSCC[C@H](NC(=O)CCc1c(C)c2cc3c4c(oc3cc2oc1=O)CCCC4)C(=O)O. The molecule has 4 rings (SSSR count). The molecule has 3 aromatic rings. The normalized spacial score (nSPS) is 14.4. The van der Waals surface area contributed by atoms with E-state index in [2.05, 4.69) is 5.32 Å². The van der Waals surface area contributed by atoms with Gasteiger partial charge in [0, 0.05) is 40.8 Å². The first kappa shape index (κ1) is 22.5. The predicted octanol–water partition coefficient (Wildman–Crippen LogP) is 3.98. The van der Waals surface area contributed by atoms with Gasteiger partial charge in [0.15, 0.2) is 0 Å². The van der Waals surface area contributed by atoms with Crippen LogP contribution in [0.4, 0.5) is 0 Å². The lowest BCUT2D eigenvalue weighted by Crippen LogP contribution is -2.41. The number of benzene rings is 1. The van der Waals surface area contributed by atoms with Gasteiger partial charge >= 0.3 is 11.6 Å². The Morgan fingerprint density at radius 2 is 1.91 bits per heavy atom. The van der Waals surface area contributed by atoms with E-state index in [1.807, 2.05) is 19.2 Å². The highest BCUT2D eigenvalue weighted by atomic mass is 32.2. The van der Waals surface area contributed by atoms with Crippen LogP contribution in [0, 0.1) is 6.92 Å². The fraction of sp³-hybridized carbons (Fsp3) is 0.458. The number of carboxylic acids is 1. The number of carbonyl (C=O) groups is 2. The number of hydrogen-bond donors (Lipinski definition) is 2. The van der Waals surface area contributed by atoms with Gasteiger partial charge in [-0.25, -0.2) is 9.59 Å². The van der Waals surface area contributed by atoms with Crippen molar-refractivity contribution in [3.05, 3.63) is 45.0 Å². The molecule has 0 aliphatic heterocycles. The molecule has 7 nitrogen and oxygen atoms in total. The van der Waals surface area contributed by atoms with Gasteiger partial charge < -0.3 is 19.3 Å². The zero-order valence-corrected chi connectivity index (χ0v) is 19.1. The summed E-state index contributed by atoms with van der Waals surface area (Å²) in [5.41, 5.74) is 3.21. The summed E-state index contributed by atoms with van der Waals surface area (Å²) in [7, 11) is 0. The Hall–Kier alpha value is -2.74. The number of hydrogen-bond acceptors (Lipinski definition) is 6. The third-order valence-electron chi connectivity index (χ3n) is 6.21. The largest absolute Gasteiger partial charge is 0.480 e. The lowest BCUT2D eigenvalue weighted by atomic mass is 9.94. The zero-order chi connectivity index (χ0) is 22.8. The molecule has 0 spiro atoms. The lowest BCUT2D eigenvalue weighted by Gasteiger charge is -2.14. The van der Waals surface area contributed by atoms with Crippen LogP contribution in [-0.2, 0) is 28.9 Å². The maximum atomic E-state index is 12.6. The molecule has 0 unspecified atom stereocenters. The zero-order valence-electron chi connectivity index (χ0n) is 18.3. The van der Waals surface area contributed by atoms with Crippen LogP contribution in [0.15, 0.2) is 25.8 Å². The van der Waals surface area contributed by atoms with Gasteiger partial charge in [0.2, 0.25) is 5.91 Å². The highest BCUT2D eigenvalue weighted by Crippen LogP contribution is 2.35. The van der Waals surface area contributed by atoms with Crippen molar-refractivity contribution < 1.29 is 23.5 Å². The number of aryl methyl sites for hydroxylation is 3. The van der Waals surface area contributed by atoms with Crippen molar-refractivity contribution in [2.24, 2.45) is 0 Å². The van der Waals surface area contributed by atoms with Gasteiger partial charge in [-0.1, -0.05) is 0 Å². The van der Waals surface area contributed by atoms with Crippen LogP contribution in [0.1, 0.15) is 48.1 Å². The number of rotatable bonds is 8. The number of carboxylic acid groups (broad SMARTS) is 1. The van der Waals surface area contributed by atoms with Crippen molar-refractivity contribution >= 4 is 45.6 Å². The first-order valence-corrected chi connectivity index (χ1v) is 12.3. The van der Waals surface area contributed by atoms with E-state index < -0.39 is 23.5 Å². The summed E-state index contributed by atoms with van der Waals surface area (Å²) in [6.45, 7) is 1.86. The third kappa shape index (κ3) is 4.41. The topological polar surface area (TPSA) is 110 Å². The standard InChI is InChI=1S/C24H27NO6S/c1-13-14(7-8-22(26)25-18(23(27)28)9-10-32-2)24(29)31-20-12-21-17(11-16(13)20)15-5-3-4-6-19(15)30-21/h11-12,18H,3-10H2,1-2H3,(H,25,26)(H,27,28)/t18-/m0/s1. The third-order valence-corrected chi connectivity index (χ3v) is 6.85. The Bertz CT molecular complexity index is 1240. The van der Waals surface area contributed by atoms with E-state index in [1.165, 1.54) is 17.3 Å². The number of furan rings is 1. The van der Waals surface area contributed by atoms with E-state index in [0.717, 1.165) is 53.4 Å². The smallest absolute Gasteiger partial charge is 0.339 e. The minimum Gasteiger partial charge on any atom is -0.480 e. The molecule has 2 N–H and O–H groups in total. The van der Waals surface area contributed by atoms with Crippen LogP contribution in [0.2, 0.25) is 0 Å². The molecule has 170 valence electrons. The molecule has 1 amide bonds. The summed E-state index contributed by atoms with van der Waals surface area (Å²) in [5, 5.41) is 13.8. The van der Waals surface area contributed by atoms with Crippen LogP contribution >= 0.6 is 11.8 Å². The molecular formula is C24H27NO6S. The number of aliphatic carboxylic acids is 1. The molecule has 2 heterocycles. The van der Waals surface area contributed by atoms with Gasteiger partial charge in [-0.15, -0.1) is 0 Å². The number of thioether (sulfide) groups is 1. The first-order chi connectivity index (χ1) is 15.4. The summed E-state index contributed by atoms with van der Waals surface area (Å²) in [6, 6.07) is 2.89. The van der Waals surface area contributed by atoms with Crippen molar-refractivity contribution in [3.8, 4) is 0 Å². The minimum atomic E-state index is -1.05. The highest BCUT2D eigenvalue weighted by molar-refractivity contribution is 7.98. The number of carbonyl (C=O) groups excluding carboxylic acids is 1. The molecule has 0 bridgehead atoms. The summed E-state index contributed by atoms with van der Waals surface area (Å²) in [5.74, 6) is 0.211.